The van der Waals surface area contributed by atoms with Crippen molar-refractivity contribution in [3.05, 3.63) is 0 Å². The molecule has 6 aliphatic heterocycles. The van der Waals surface area contributed by atoms with Gasteiger partial charge >= 0.3 is 12.1 Å². The van der Waals surface area contributed by atoms with Crippen LogP contribution in [0, 0.1) is 5.92 Å². The average molecular weight is 531 g/mol. The van der Waals surface area contributed by atoms with Crippen molar-refractivity contribution < 1.29 is 9.59 Å². The molecule has 0 radical (unpaired) electrons. The van der Waals surface area contributed by atoms with Crippen molar-refractivity contribution in [1.29, 1.82) is 0 Å². The van der Waals surface area contributed by atoms with Crippen LogP contribution in [-0.2, 0) is 0 Å². The van der Waals surface area contributed by atoms with E-state index in [2.05, 4.69) is 89.5 Å². The van der Waals surface area contributed by atoms with Gasteiger partial charge in [-0.3, -0.25) is 39.6 Å². The summed E-state index contributed by atoms with van der Waals surface area (Å²) >= 11 is 0. The average Bonchev–Trinajstić information content (AvgIpc) is 3.27. The minimum Gasteiger partial charge on any atom is -0.296 e. The second kappa shape index (κ2) is 7.98. The highest BCUT2D eigenvalue weighted by Crippen LogP contribution is 2.47. The molecule has 6 fully saturated rings. The van der Waals surface area contributed by atoms with Gasteiger partial charge in [0.05, 0.1) is 26.2 Å². The van der Waals surface area contributed by atoms with Crippen LogP contribution in [0.15, 0.2) is 0 Å². The molecule has 0 aromatic carbocycles. The highest BCUT2D eigenvalue weighted by Gasteiger charge is 2.66. The summed E-state index contributed by atoms with van der Waals surface area (Å²) in [6.07, 6.45) is 3.58. The largest absolute Gasteiger partial charge is 0.325 e. The first-order valence-corrected chi connectivity index (χ1v) is 14.6. The number of nitrogens with zero attached hydrogens (tertiary/aromatic N) is 7. The lowest BCUT2D eigenvalue weighted by molar-refractivity contribution is -0.0931. The highest BCUT2D eigenvalue weighted by atomic mass is 16.2. The predicted octanol–water partition coefficient (Wildman–Crippen LogP) is 2.78. The normalized spacial score (nSPS) is 37.4. The maximum absolute atomic E-state index is 14.2. The topological polar surface area (TPSA) is 68.9 Å². The van der Waals surface area contributed by atoms with E-state index >= 15 is 0 Å². The highest BCUT2D eigenvalue weighted by molar-refractivity contribution is 5.86. The molecular formula is C28H50N8O2. The summed E-state index contributed by atoms with van der Waals surface area (Å²) in [5.41, 5.74) is 0.149. The quantitative estimate of drug-likeness (QED) is 0.592. The molecule has 214 valence electrons. The summed E-state index contributed by atoms with van der Waals surface area (Å²) in [5.74, 6) is 0.319. The molecule has 38 heavy (non-hydrogen) atoms. The molecule has 0 aromatic heterocycles. The van der Waals surface area contributed by atoms with Crippen molar-refractivity contribution in [1.82, 2.24) is 39.6 Å². The lowest BCUT2D eigenvalue weighted by Gasteiger charge is -2.57. The van der Waals surface area contributed by atoms with E-state index in [1.165, 1.54) is 0 Å². The second-order valence-electron chi connectivity index (χ2n) is 15.5. The van der Waals surface area contributed by atoms with Gasteiger partial charge in [0.2, 0.25) is 0 Å². The number of carbonyl (C=O) groups excluding carboxylic acids is 2. The third-order valence-corrected chi connectivity index (χ3v) is 11.5. The minimum absolute atomic E-state index is 0.0309. The maximum Gasteiger partial charge on any atom is 0.325 e. The van der Waals surface area contributed by atoms with Gasteiger partial charge in [-0.1, -0.05) is 0 Å². The summed E-state index contributed by atoms with van der Waals surface area (Å²) < 4.78 is 0. The van der Waals surface area contributed by atoms with Crippen LogP contribution in [0.3, 0.4) is 0 Å². The molecule has 6 heterocycles. The molecule has 6 rings (SSSR count). The van der Waals surface area contributed by atoms with Gasteiger partial charge in [-0.15, -0.1) is 0 Å². The predicted molar refractivity (Wildman–Crippen MR) is 147 cm³/mol. The first-order chi connectivity index (χ1) is 17.5. The van der Waals surface area contributed by atoms with Crippen molar-refractivity contribution >= 4 is 12.1 Å². The van der Waals surface area contributed by atoms with Gasteiger partial charge < -0.3 is 0 Å². The van der Waals surface area contributed by atoms with E-state index in [0.29, 0.717) is 32.0 Å². The van der Waals surface area contributed by atoms with E-state index in [-0.39, 0.29) is 52.7 Å². The molecule has 3 atom stereocenters. The summed E-state index contributed by atoms with van der Waals surface area (Å²) in [4.78, 5) is 43.2. The third-order valence-electron chi connectivity index (χ3n) is 11.5. The van der Waals surface area contributed by atoms with E-state index in [9.17, 15) is 9.59 Å². The third kappa shape index (κ3) is 3.58. The Hall–Kier alpha value is -1.62. The van der Waals surface area contributed by atoms with E-state index in [0.717, 1.165) is 25.7 Å². The van der Waals surface area contributed by atoms with Crippen LogP contribution in [0.1, 0.15) is 81.1 Å². The molecule has 10 nitrogen and oxygen atoms in total. The number of urea groups is 2. The standard InChI is InChI=1S/C28H50N8O2/c1-25(2)11-18(12-26(3,4)30(25)9)20-29-15-33-22-21-34(23(33)37)16-32(17-35(21)24(38)36(20)22)19-13-27(5,6)31(10)28(7,8)14-19/h18-22,29H,11-17H2,1-10H3. The number of nitrogens with one attached hydrogen (secondary N) is 1. The van der Waals surface area contributed by atoms with Crippen LogP contribution >= 0.6 is 0 Å². The molecular weight excluding hydrogens is 480 g/mol. The second-order valence-corrected chi connectivity index (χ2v) is 15.5. The van der Waals surface area contributed by atoms with Crippen LogP contribution in [-0.4, -0.2) is 127 Å². The van der Waals surface area contributed by atoms with Crippen LogP contribution in [0.25, 0.3) is 0 Å². The fourth-order valence-electron chi connectivity index (χ4n) is 9.04. The lowest BCUT2D eigenvalue weighted by Crippen LogP contribution is -2.69. The molecule has 0 spiro atoms. The Morgan fingerprint density at radius 3 is 1.66 bits per heavy atom. The molecule has 3 unspecified atom stereocenters. The Balaban J connectivity index is 1.29. The molecule has 6 saturated heterocycles. The Kier molecular flexibility index (Phi) is 5.59. The molecule has 4 amide bonds. The van der Waals surface area contributed by atoms with Gasteiger partial charge in [-0.05, 0) is 101 Å². The summed E-state index contributed by atoms with van der Waals surface area (Å²) in [6.45, 7) is 20.2. The van der Waals surface area contributed by atoms with Gasteiger partial charge in [0.25, 0.3) is 0 Å². The van der Waals surface area contributed by atoms with Gasteiger partial charge in [-0.2, -0.15) is 0 Å². The smallest absolute Gasteiger partial charge is 0.296 e. The number of likely N-dealkylation sites (tertiary alicyclic amines) is 2. The summed E-state index contributed by atoms with van der Waals surface area (Å²) in [5, 5.41) is 3.65. The van der Waals surface area contributed by atoms with Crippen molar-refractivity contribution in [3.63, 3.8) is 0 Å². The summed E-state index contributed by atoms with van der Waals surface area (Å²) in [7, 11) is 4.45. The van der Waals surface area contributed by atoms with Crippen molar-refractivity contribution in [2.24, 2.45) is 5.92 Å². The number of piperidine rings is 2. The molecule has 1 N–H and O–H groups in total. The molecule has 0 bridgehead atoms. The SMILES string of the molecule is CN1C(C)(C)CC(C2NCN3C(=O)N4CN(C5CC(C)(C)N(C)C(C)(C)C5)CN5C(=O)N2C3C45)CC1(C)C. The Morgan fingerprint density at radius 2 is 1.13 bits per heavy atom. The number of hydrogen-bond donors (Lipinski definition) is 1. The molecule has 6 aliphatic rings. The van der Waals surface area contributed by atoms with E-state index in [1.807, 2.05) is 19.6 Å². The Morgan fingerprint density at radius 1 is 0.658 bits per heavy atom. The number of hydrogen-bond acceptors (Lipinski definition) is 6. The first kappa shape index (κ1) is 26.6. The lowest BCUT2D eigenvalue weighted by atomic mass is 9.72. The van der Waals surface area contributed by atoms with Gasteiger partial charge in [-0.25, -0.2) is 9.59 Å². The molecule has 10 heteroatoms. The zero-order valence-corrected chi connectivity index (χ0v) is 25.3. The molecule has 0 aliphatic carbocycles. The van der Waals surface area contributed by atoms with Crippen molar-refractivity contribution in [2.75, 3.05) is 34.1 Å². The van der Waals surface area contributed by atoms with Crippen molar-refractivity contribution in [3.8, 4) is 0 Å². The van der Waals surface area contributed by atoms with Crippen LogP contribution in [0.2, 0.25) is 0 Å². The van der Waals surface area contributed by atoms with Gasteiger partial charge in [0, 0.05) is 28.2 Å². The van der Waals surface area contributed by atoms with Crippen LogP contribution < -0.4 is 5.32 Å². The molecule has 0 saturated carbocycles. The first-order valence-electron chi connectivity index (χ1n) is 14.6. The summed E-state index contributed by atoms with van der Waals surface area (Å²) in [6, 6.07) is 0.436. The zero-order valence-electron chi connectivity index (χ0n) is 25.3. The van der Waals surface area contributed by atoms with E-state index < -0.39 is 0 Å². The van der Waals surface area contributed by atoms with E-state index in [1.54, 1.807) is 0 Å². The van der Waals surface area contributed by atoms with E-state index in [4.69, 9.17) is 0 Å². The Bertz CT molecular complexity index is 990. The van der Waals surface area contributed by atoms with Gasteiger partial charge in [0.1, 0.15) is 0 Å². The van der Waals surface area contributed by atoms with Crippen LogP contribution in [0.4, 0.5) is 9.59 Å². The monoisotopic (exact) mass is 530 g/mol. The van der Waals surface area contributed by atoms with Gasteiger partial charge in [0.15, 0.2) is 12.3 Å². The van der Waals surface area contributed by atoms with Crippen molar-refractivity contribution in [2.45, 2.75) is 128 Å². The zero-order chi connectivity index (χ0) is 27.7. The fourth-order valence-corrected chi connectivity index (χ4v) is 9.04. The maximum atomic E-state index is 14.2. The number of carbonyl (C=O) groups is 2. The fraction of sp³-hybridized carbons (Fsp3) is 0.929. The Labute approximate surface area is 229 Å². The number of amides is 4. The minimum atomic E-state index is -0.209. The number of rotatable bonds is 2. The molecule has 0 aromatic rings. The van der Waals surface area contributed by atoms with Crippen LogP contribution in [0.5, 0.6) is 0 Å².